The van der Waals surface area contributed by atoms with Crippen molar-refractivity contribution >= 4 is 0 Å². The Bertz CT molecular complexity index is 994. The zero-order chi connectivity index (χ0) is 19.4. The summed E-state index contributed by atoms with van der Waals surface area (Å²) in [5, 5.41) is 7.29. The number of halogens is 3. The molecule has 7 heteroatoms. The number of hydrogen-bond donors (Lipinski definition) is 1. The van der Waals surface area contributed by atoms with Crippen molar-refractivity contribution in [3.8, 4) is 5.69 Å². The molecule has 3 rings (SSSR count). The summed E-state index contributed by atoms with van der Waals surface area (Å²) in [6.07, 6.45) is 2.37. The molecule has 1 aromatic heterocycles. The molecule has 0 bridgehead atoms. The number of nitrogens with zero attached hydrogens (tertiary/aromatic N) is 2. The van der Waals surface area contributed by atoms with E-state index in [0.717, 1.165) is 36.2 Å². The van der Waals surface area contributed by atoms with Crippen LogP contribution in [0.1, 0.15) is 16.8 Å². The Balaban J connectivity index is 1.97. The van der Waals surface area contributed by atoms with Crippen LogP contribution in [0.3, 0.4) is 0 Å². The molecule has 27 heavy (non-hydrogen) atoms. The van der Waals surface area contributed by atoms with Gasteiger partial charge < -0.3 is 5.32 Å². The normalized spacial score (nSPS) is 11.0. The molecule has 3 aromatic rings. The van der Waals surface area contributed by atoms with E-state index in [-0.39, 0.29) is 23.2 Å². The van der Waals surface area contributed by atoms with Crippen LogP contribution in [0.25, 0.3) is 5.69 Å². The molecule has 1 N–H and O–H groups in total. The number of likely N-dealkylation sites (N-methyl/N-ethyl adjacent to an activating group) is 1. The summed E-state index contributed by atoms with van der Waals surface area (Å²) in [6.45, 7) is 0.789. The monoisotopic (exact) mass is 373 g/mol. The van der Waals surface area contributed by atoms with E-state index < -0.39 is 17.5 Å². The van der Waals surface area contributed by atoms with E-state index in [1.54, 1.807) is 0 Å². The zero-order valence-corrected chi connectivity index (χ0v) is 14.7. The molecular formula is C20H18F3N3O. The maximum atomic E-state index is 13.5. The van der Waals surface area contributed by atoms with Crippen LogP contribution < -0.4 is 10.7 Å². The Hall–Kier alpha value is -2.93. The van der Waals surface area contributed by atoms with Gasteiger partial charge in [0.15, 0.2) is 17.5 Å². The van der Waals surface area contributed by atoms with Crippen molar-refractivity contribution < 1.29 is 13.2 Å². The highest BCUT2D eigenvalue weighted by molar-refractivity contribution is 5.34. The van der Waals surface area contributed by atoms with Crippen LogP contribution in [0, 0.1) is 17.5 Å². The summed E-state index contributed by atoms with van der Waals surface area (Å²) < 4.78 is 41.3. The molecule has 0 radical (unpaired) electrons. The van der Waals surface area contributed by atoms with Crippen molar-refractivity contribution in [3.63, 3.8) is 0 Å². The quantitative estimate of drug-likeness (QED) is 0.676. The Morgan fingerprint density at radius 2 is 1.70 bits per heavy atom. The number of rotatable bonds is 6. The second kappa shape index (κ2) is 8.18. The lowest BCUT2D eigenvalue weighted by Crippen LogP contribution is -2.18. The van der Waals surface area contributed by atoms with Gasteiger partial charge in [-0.2, -0.15) is 5.10 Å². The van der Waals surface area contributed by atoms with Gasteiger partial charge >= 0.3 is 0 Å². The molecule has 0 aliphatic carbocycles. The first-order valence-corrected chi connectivity index (χ1v) is 8.44. The fourth-order valence-electron chi connectivity index (χ4n) is 2.80. The summed E-state index contributed by atoms with van der Waals surface area (Å²) in [7, 11) is 1.86. The molecule has 0 saturated carbocycles. The first-order chi connectivity index (χ1) is 13.0. The Morgan fingerprint density at radius 1 is 1.04 bits per heavy atom. The fourth-order valence-corrected chi connectivity index (χ4v) is 2.80. The van der Waals surface area contributed by atoms with Crippen molar-refractivity contribution in [3.05, 3.63) is 93.2 Å². The summed E-state index contributed by atoms with van der Waals surface area (Å²) in [6, 6.07) is 10.7. The molecule has 0 unspecified atom stereocenters. The Labute approximate surface area is 154 Å². The summed E-state index contributed by atoms with van der Waals surface area (Å²) >= 11 is 0. The van der Waals surface area contributed by atoms with Crippen LogP contribution in [0.15, 0.2) is 53.5 Å². The minimum Gasteiger partial charge on any atom is -0.319 e. The Morgan fingerprint density at radius 3 is 2.37 bits per heavy atom. The molecule has 2 aromatic carbocycles. The minimum atomic E-state index is -1.54. The van der Waals surface area contributed by atoms with Crippen LogP contribution in [-0.4, -0.2) is 23.4 Å². The topological polar surface area (TPSA) is 46.9 Å². The van der Waals surface area contributed by atoms with Gasteiger partial charge in [0, 0.05) is 30.8 Å². The maximum absolute atomic E-state index is 13.5. The van der Waals surface area contributed by atoms with E-state index >= 15 is 0 Å². The molecule has 0 aliphatic rings. The highest BCUT2D eigenvalue weighted by Gasteiger charge is 2.13. The van der Waals surface area contributed by atoms with Gasteiger partial charge in [-0.15, -0.1) is 0 Å². The van der Waals surface area contributed by atoms with Crippen LogP contribution in [0.4, 0.5) is 13.2 Å². The number of benzene rings is 2. The molecule has 140 valence electrons. The minimum absolute atomic E-state index is 0.00359. The van der Waals surface area contributed by atoms with Crippen LogP contribution in [-0.2, 0) is 12.8 Å². The average molecular weight is 373 g/mol. The van der Waals surface area contributed by atoms with Gasteiger partial charge in [0.25, 0.3) is 0 Å². The van der Waals surface area contributed by atoms with E-state index in [9.17, 15) is 18.0 Å². The van der Waals surface area contributed by atoms with Gasteiger partial charge in [-0.1, -0.05) is 24.3 Å². The number of aromatic nitrogens is 2. The van der Waals surface area contributed by atoms with Gasteiger partial charge in [0.05, 0.1) is 5.69 Å². The van der Waals surface area contributed by atoms with E-state index in [1.807, 2.05) is 31.3 Å². The van der Waals surface area contributed by atoms with Gasteiger partial charge in [-0.05, 0) is 31.1 Å². The molecule has 0 saturated heterocycles. The van der Waals surface area contributed by atoms with Gasteiger partial charge in [0.1, 0.15) is 5.69 Å². The third kappa shape index (κ3) is 4.25. The number of nitrogens with one attached hydrogen (secondary N) is 1. The van der Waals surface area contributed by atoms with E-state index in [2.05, 4.69) is 10.4 Å². The maximum Gasteiger partial charge on any atom is 0.203 e. The van der Waals surface area contributed by atoms with Gasteiger partial charge in [-0.3, -0.25) is 4.79 Å². The fraction of sp³-hybridized carbons (Fsp3) is 0.200. The largest absolute Gasteiger partial charge is 0.319 e. The molecule has 0 aliphatic heterocycles. The van der Waals surface area contributed by atoms with Crippen LogP contribution in [0.5, 0.6) is 0 Å². The lowest BCUT2D eigenvalue weighted by Gasteiger charge is -2.11. The predicted octanol–water partition coefficient (Wildman–Crippen LogP) is 3.00. The molecule has 0 amide bonds. The lowest BCUT2D eigenvalue weighted by molar-refractivity contribution is 0.445. The van der Waals surface area contributed by atoms with Crippen LogP contribution in [0.2, 0.25) is 0 Å². The van der Waals surface area contributed by atoms with Gasteiger partial charge in [0.2, 0.25) is 5.43 Å². The third-order valence-corrected chi connectivity index (χ3v) is 4.23. The van der Waals surface area contributed by atoms with Crippen molar-refractivity contribution in [2.24, 2.45) is 0 Å². The summed E-state index contributed by atoms with van der Waals surface area (Å²) in [5.41, 5.74) is 1.99. The first-order valence-electron chi connectivity index (χ1n) is 8.44. The summed E-state index contributed by atoms with van der Waals surface area (Å²) in [5.74, 6) is -4.17. The highest BCUT2D eigenvalue weighted by atomic mass is 19.2. The average Bonchev–Trinajstić information content (AvgIpc) is 2.66. The van der Waals surface area contributed by atoms with E-state index in [4.69, 9.17) is 0 Å². The lowest BCUT2D eigenvalue weighted by atomic mass is 10.0. The molecule has 4 nitrogen and oxygen atoms in total. The number of hydrogen-bond acceptors (Lipinski definition) is 3. The van der Waals surface area contributed by atoms with Crippen molar-refractivity contribution in [2.45, 2.75) is 12.8 Å². The van der Waals surface area contributed by atoms with E-state index in [1.165, 1.54) is 16.9 Å². The first kappa shape index (κ1) is 18.8. The smallest absolute Gasteiger partial charge is 0.203 e. The van der Waals surface area contributed by atoms with Crippen molar-refractivity contribution in [1.82, 2.24) is 15.1 Å². The van der Waals surface area contributed by atoms with Crippen LogP contribution >= 0.6 is 0 Å². The van der Waals surface area contributed by atoms with Crippen molar-refractivity contribution in [2.75, 3.05) is 13.6 Å². The second-order valence-corrected chi connectivity index (χ2v) is 6.09. The zero-order valence-electron chi connectivity index (χ0n) is 14.7. The van der Waals surface area contributed by atoms with Crippen molar-refractivity contribution in [1.29, 1.82) is 0 Å². The molecule has 0 fully saturated rings. The van der Waals surface area contributed by atoms with E-state index in [0.29, 0.717) is 0 Å². The van der Waals surface area contributed by atoms with Gasteiger partial charge in [-0.25, -0.2) is 17.9 Å². The molecule has 0 spiro atoms. The Kier molecular flexibility index (Phi) is 5.71. The summed E-state index contributed by atoms with van der Waals surface area (Å²) in [4.78, 5) is 12.2. The molecule has 0 atom stereocenters. The third-order valence-electron chi connectivity index (χ3n) is 4.23. The SMILES string of the molecule is CNCCc1ccccc1Cc1nn(-c2cc(F)c(F)c(F)c2)ccc1=O. The predicted molar refractivity (Wildman–Crippen MR) is 96.6 cm³/mol. The second-order valence-electron chi connectivity index (χ2n) is 6.09. The standard InChI is InChI=1S/C20H18F3N3O/c1-24-8-6-13-4-2-3-5-14(13)10-18-19(27)7-9-26(25-18)15-11-16(21)20(23)17(22)12-15/h2-5,7,9,11-12,24H,6,8,10H2,1H3. The molecular weight excluding hydrogens is 355 g/mol. The highest BCUT2D eigenvalue weighted by Crippen LogP contribution is 2.17. The molecule has 1 heterocycles.